The molecule has 7 heteroatoms. The predicted molar refractivity (Wildman–Crippen MR) is 102 cm³/mol. The van der Waals surface area contributed by atoms with E-state index in [1.807, 2.05) is 24.3 Å². The smallest absolute Gasteiger partial charge is 0.234 e. The monoisotopic (exact) mass is 361 g/mol. The Morgan fingerprint density at radius 3 is 2.80 bits per heavy atom. The van der Waals surface area contributed by atoms with Gasteiger partial charge in [0.15, 0.2) is 0 Å². The molecule has 3 rings (SSSR count). The number of pyridine rings is 1. The minimum Gasteiger partial charge on any atom is -0.383 e. The Bertz CT molecular complexity index is 730. The highest BCUT2D eigenvalue weighted by Crippen LogP contribution is 2.23. The summed E-state index contributed by atoms with van der Waals surface area (Å²) in [4.78, 5) is 20.8. The molecule has 1 saturated heterocycles. The Hall–Kier alpha value is -1.89. The molecule has 1 aliphatic heterocycles. The van der Waals surface area contributed by atoms with Gasteiger partial charge in [-0.2, -0.15) is 0 Å². The van der Waals surface area contributed by atoms with Gasteiger partial charge in [-0.1, -0.05) is 11.6 Å². The molecule has 0 spiro atoms. The summed E-state index contributed by atoms with van der Waals surface area (Å²) in [6.07, 6.45) is 1.76. The summed E-state index contributed by atoms with van der Waals surface area (Å²) in [6.45, 7) is 5.67. The molecule has 1 aromatic heterocycles. The van der Waals surface area contributed by atoms with Crippen LogP contribution in [0.4, 0.5) is 5.69 Å². The van der Waals surface area contributed by atoms with E-state index in [0.29, 0.717) is 24.7 Å². The fourth-order valence-electron chi connectivity index (χ4n) is 2.94. The summed E-state index contributed by atoms with van der Waals surface area (Å²) in [5.74, 6) is 0.0812. The first kappa shape index (κ1) is 17.9. The molecule has 1 aromatic carbocycles. The zero-order valence-corrected chi connectivity index (χ0v) is 15.2. The van der Waals surface area contributed by atoms with Gasteiger partial charge >= 0.3 is 0 Å². The van der Waals surface area contributed by atoms with Gasteiger partial charge in [-0.15, -0.1) is 0 Å². The van der Waals surface area contributed by atoms with Gasteiger partial charge in [0.05, 0.1) is 12.1 Å². The van der Waals surface area contributed by atoms with Crippen LogP contribution in [0.1, 0.15) is 0 Å². The highest BCUT2D eigenvalue weighted by atomic mass is 35.5. The van der Waals surface area contributed by atoms with E-state index in [1.165, 1.54) is 0 Å². The lowest BCUT2D eigenvalue weighted by Crippen LogP contribution is -2.48. The molecule has 0 aliphatic carbocycles. The van der Waals surface area contributed by atoms with Crippen LogP contribution in [-0.2, 0) is 4.79 Å². The number of carbonyl (C=O) groups excluding carboxylic acids is 1. The number of amides is 1. The average Bonchev–Trinajstić information content (AvgIpc) is 2.60. The van der Waals surface area contributed by atoms with Crippen molar-refractivity contribution < 1.29 is 4.79 Å². The molecule has 0 atom stereocenters. The topological polar surface area (TPSA) is 60.5 Å². The Morgan fingerprint density at radius 1 is 1.20 bits per heavy atom. The van der Waals surface area contributed by atoms with E-state index in [0.717, 1.165) is 42.8 Å². The second kappa shape index (κ2) is 8.47. The summed E-state index contributed by atoms with van der Waals surface area (Å²) < 4.78 is 0. The second-order valence-corrected chi connectivity index (χ2v) is 6.81. The van der Waals surface area contributed by atoms with Crippen LogP contribution in [-0.4, -0.2) is 73.6 Å². The molecular weight excluding hydrogens is 338 g/mol. The lowest BCUT2D eigenvalue weighted by atomic mass is 10.2. The number of halogens is 1. The van der Waals surface area contributed by atoms with Crippen molar-refractivity contribution in [1.82, 2.24) is 20.1 Å². The lowest BCUT2D eigenvalue weighted by molar-refractivity contribution is -0.122. The first-order valence-corrected chi connectivity index (χ1v) is 8.95. The number of likely N-dealkylation sites (N-methyl/N-ethyl adjacent to an activating group) is 1. The highest BCUT2D eigenvalue weighted by Gasteiger charge is 2.16. The maximum atomic E-state index is 12.0. The van der Waals surface area contributed by atoms with Gasteiger partial charge in [0, 0.05) is 61.6 Å². The number of nitrogens with zero attached hydrogens (tertiary/aromatic N) is 3. The molecule has 2 heterocycles. The summed E-state index contributed by atoms with van der Waals surface area (Å²) in [6, 6.07) is 7.59. The minimum atomic E-state index is 0.0812. The number of fused-ring (bicyclic) bond motifs is 1. The molecule has 134 valence electrons. The molecular formula is C18H24ClN5O. The maximum absolute atomic E-state index is 12.0. The molecule has 0 radical (unpaired) electrons. The summed E-state index contributed by atoms with van der Waals surface area (Å²) >= 11 is 6.01. The van der Waals surface area contributed by atoms with Crippen LogP contribution < -0.4 is 10.6 Å². The zero-order chi connectivity index (χ0) is 17.6. The van der Waals surface area contributed by atoms with Gasteiger partial charge < -0.3 is 15.5 Å². The van der Waals surface area contributed by atoms with Gasteiger partial charge in [0.25, 0.3) is 0 Å². The first-order chi connectivity index (χ1) is 12.1. The molecule has 0 saturated carbocycles. The van der Waals surface area contributed by atoms with E-state index in [9.17, 15) is 4.79 Å². The molecule has 6 nitrogen and oxygen atoms in total. The maximum Gasteiger partial charge on any atom is 0.234 e. The third kappa shape index (κ3) is 5.04. The largest absolute Gasteiger partial charge is 0.383 e. The Kier molecular flexibility index (Phi) is 6.07. The molecule has 1 amide bonds. The Labute approximate surface area is 153 Å². The van der Waals surface area contributed by atoms with Crippen LogP contribution >= 0.6 is 11.6 Å². The standard InChI is InChI=1S/C18H24ClN5O/c1-23-8-10-24(11-9-23)13-18(25)22-7-6-21-16-4-5-20-17-12-14(19)2-3-15(16)17/h2-5,12H,6-11,13H2,1H3,(H,20,21)(H,22,25). The second-order valence-electron chi connectivity index (χ2n) is 6.38. The Morgan fingerprint density at radius 2 is 2.00 bits per heavy atom. The van der Waals surface area contributed by atoms with Crippen LogP contribution in [0.15, 0.2) is 30.5 Å². The fraction of sp³-hybridized carbons (Fsp3) is 0.444. The first-order valence-electron chi connectivity index (χ1n) is 8.57. The summed E-state index contributed by atoms with van der Waals surface area (Å²) in [5, 5.41) is 8.03. The van der Waals surface area contributed by atoms with Crippen molar-refractivity contribution >= 4 is 34.1 Å². The van der Waals surface area contributed by atoms with Crippen molar-refractivity contribution in [2.45, 2.75) is 0 Å². The molecule has 0 bridgehead atoms. The number of nitrogens with one attached hydrogen (secondary N) is 2. The summed E-state index contributed by atoms with van der Waals surface area (Å²) in [7, 11) is 2.11. The number of carbonyl (C=O) groups is 1. The van der Waals surface area contributed by atoms with Crippen molar-refractivity contribution in [3.05, 3.63) is 35.5 Å². The normalized spacial score (nSPS) is 16.1. The van der Waals surface area contributed by atoms with Crippen LogP contribution in [0.3, 0.4) is 0 Å². The van der Waals surface area contributed by atoms with Crippen LogP contribution in [0.2, 0.25) is 5.02 Å². The number of anilines is 1. The van der Waals surface area contributed by atoms with Gasteiger partial charge in [-0.3, -0.25) is 14.7 Å². The van der Waals surface area contributed by atoms with E-state index < -0.39 is 0 Å². The number of rotatable bonds is 6. The van der Waals surface area contributed by atoms with Crippen molar-refractivity contribution in [2.24, 2.45) is 0 Å². The highest BCUT2D eigenvalue weighted by molar-refractivity contribution is 6.31. The molecule has 2 aromatic rings. The van der Waals surface area contributed by atoms with Crippen molar-refractivity contribution in [3.63, 3.8) is 0 Å². The van der Waals surface area contributed by atoms with Gasteiger partial charge in [-0.25, -0.2) is 0 Å². The lowest BCUT2D eigenvalue weighted by Gasteiger charge is -2.31. The van der Waals surface area contributed by atoms with Crippen LogP contribution in [0, 0.1) is 0 Å². The number of hydrogen-bond acceptors (Lipinski definition) is 5. The van der Waals surface area contributed by atoms with E-state index in [2.05, 4.69) is 32.5 Å². The van der Waals surface area contributed by atoms with Gasteiger partial charge in [-0.05, 0) is 31.3 Å². The number of benzene rings is 1. The van der Waals surface area contributed by atoms with E-state index >= 15 is 0 Å². The molecule has 2 N–H and O–H groups in total. The minimum absolute atomic E-state index is 0.0812. The number of aromatic nitrogens is 1. The quantitative estimate of drug-likeness (QED) is 0.766. The predicted octanol–water partition coefficient (Wildman–Crippen LogP) is 1.66. The van der Waals surface area contributed by atoms with Gasteiger partial charge in [0.1, 0.15) is 0 Å². The van der Waals surface area contributed by atoms with Crippen LogP contribution in [0.5, 0.6) is 0 Å². The van der Waals surface area contributed by atoms with Crippen LogP contribution in [0.25, 0.3) is 10.9 Å². The third-order valence-corrected chi connectivity index (χ3v) is 4.67. The van der Waals surface area contributed by atoms with Crippen molar-refractivity contribution in [2.75, 3.05) is 58.2 Å². The average molecular weight is 362 g/mol. The molecule has 0 unspecified atom stereocenters. The van der Waals surface area contributed by atoms with E-state index in [1.54, 1.807) is 6.20 Å². The molecule has 25 heavy (non-hydrogen) atoms. The molecule has 1 aliphatic rings. The van der Waals surface area contributed by atoms with Gasteiger partial charge in [0.2, 0.25) is 5.91 Å². The Balaban J connectivity index is 1.43. The number of hydrogen-bond donors (Lipinski definition) is 2. The zero-order valence-electron chi connectivity index (χ0n) is 14.5. The molecule has 1 fully saturated rings. The van der Waals surface area contributed by atoms with E-state index in [4.69, 9.17) is 11.6 Å². The van der Waals surface area contributed by atoms with Crippen molar-refractivity contribution in [1.29, 1.82) is 0 Å². The fourth-order valence-corrected chi connectivity index (χ4v) is 3.11. The van der Waals surface area contributed by atoms with Crippen molar-refractivity contribution in [3.8, 4) is 0 Å². The third-order valence-electron chi connectivity index (χ3n) is 4.43. The van der Waals surface area contributed by atoms with E-state index in [-0.39, 0.29) is 5.91 Å². The summed E-state index contributed by atoms with van der Waals surface area (Å²) in [5.41, 5.74) is 1.85. The number of piperazine rings is 1. The SMILES string of the molecule is CN1CCN(CC(=O)NCCNc2ccnc3cc(Cl)ccc23)CC1.